The average molecular weight is 102 g/mol. The van der Waals surface area contributed by atoms with Crippen molar-refractivity contribution in [1.29, 1.82) is 0 Å². The summed E-state index contributed by atoms with van der Waals surface area (Å²) in [5.41, 5.74) is 0. The molecule has 0 fully saturated rings. The molecule has 0 rings (SSSR count). The molecular formula is B8O. The summed E-state index contributed by atoms with van der Waals surface area (Å²) in [4.78, 5) is 0. The topological polar surface area (TPSA) is 17.1 Å². The van der Waals surface area contributed by atoms with Crippen molar-refractivity contribution < 1.29 is 4.70 Å². The van der Waals surface area contributed by atoms with Gasteiger partial charge in [0.2, 0.25) is 0 Å². The van der Waals surface area contributed by atoms with Crippen LogP contribution in [0.5, 0.6) is 0 Å². The van der Waals surface area contributed by atoms with Gasteiger partial charge in [-0.2, -0.15) is 0 Å². The van der Waals surface area contributed by atoms with E-state index in [4.69, 9.17) is 7.74 Å². The minimum absolute atomic E-state index is 0.719. The van der Waals surface area contributed by atoms with Crippen molar-refractivity contribution >= 4 is 54.9 Å². The summed E-state index contributed by atoms with van der Waals surface area (Å²) in [5, 5.41) is 0. The van der Waals surface area contributed by atoms with Crippen LogP contribution >= 0.6 is 0 Å². The predicted octanol–water partition coefficient (Wildman–Crippen LogP) is -3.17. The van der Waals surface area contributed by atoms with Gasteiger partial charge in [-0.1, -0.05) is 0 Å². The van der Waals surface area contributed by atoms with Gasteiger partial charge in [-0.25, -0.2) is 0 Å². The van der Waals surface area contributed by atoms with Crippen molar-refractivity contribution in [3.63, 3.8) is 0 Å². The molecule has 0 aromatic carbocycles. The van der Waals surface area contributed by atoms with Crippen molar-refractivity contribution in [1.82, 2.24) is 0 Å². The second-order valence-corrected chi connectivity index (χ2v) is 1.29. The van der Waals surface area contributed by atoms with Crippen molar-refractivity contribution in [2.24, 2.45) is 0 Å². The molecule has 0 saturated heterocycles. The Morgan fingerprint density at radius 2 is 1.44 bits per heavy atom. The molecule has 0 bridgehead atoms. The van der Waals surface area contributed by atoms with Gasteiger partial charge < -0.3 is 0 Å². The van der Waals surface area contributed by atoms with Gasteiger partial charge in [0.15, 0.2) is 0 Å². The first-order valence-corrected chi connectivity index (χ1v) is 2.57. The van der Waals surface area contributed by atoms with Crippen molar-refractivity contribution in [3.05, 3.63) is 0 Å². The van der Waals surface area contributed by atoms with Crippen LogP contribution in [0.15, 0.2) is 0 Å². The second-order valence-electron chi connectivity index (χ2n) is 1.29. The van der Waals surface area contributed by atoms with Crippen LogP contribution in [-0.4, -0.2) is 54.9 Å². The van der Waals surface area contributed by atoms with E-state index in [1.165, 1.54) is 13.4 Å². The van der Waals surface area contributed by atoms with Crippen LogP contribution in [0.2, 0.25) is 0 Å². The molecule has 0 aliphatic rings. The van der Waals surface area contributed by atoms with Crippen LogP contribution in [0, 0.1) is 0 Å². The monoisotopic (exact) mass is 104 g/mol. The van der Waals surface area contributed by atoms with E-state index in [-0.39, 0.29) is 0 Å². The van der Waals surface area contributed by atoms with Gasteiger partial charge in [-0.3, -0.25) is 0 Å². The van der Waals surface area contributed by atoms with Gasteiger partial charge in [0.25, 0.3) is 0 Å². The van der Waals surface area contributed by atoms with E-state index in [0.29, 0.717) is 0 Å². The quantitative estimate of drug-likeness (QED) is 0.344. The minimum atomic E-state index is 0.719. The van der Waals surface area contributed by atoms with Crippen LogP contribution in [-0.2, 0) is 4.70 Å². The molecule has 9 heteroatoms. The molecular weight excluding hydrogens is 102 g/mol. The van der Waals surface area contributed by atoms with Crippen molar-refractivity contribution in [2.75, 3.05) is 0 Å². The zero-order valence-corrected chi connectivity index (χ0v) is 5.03. The Morgan fingerprint density at radius 1 is 0.889 bits per heavy atom. The van der Waals surface area contributed by atoms with Crippen LogP contribution < -0.4 is 0 Å². The molecule has 2 radical (unpaired) electrons. The molecule has 0 N–H and O–H groups in total. The molecule has 30 valence electrons. The van der Waals surface area contributed by atoms with Gasteiger partial charge in [-0.15, -0.1) is 0 Å². The molecule has 0 spiro atoms. The standard InChI is InChI=1S/B8O/c1-2-3-4-5-6-7-8-9. The van der Waals surface area contributed by atoms with E-state index in [9.17, 15) is 4.70 Å². The molecule has 0 aliphatic heterocycles. The summed E-state index contributed by atoms with van der Waals surface area (Å²) >= 11 is 0. The van der Waals surface area contributed by atoms with Gasteiger partial charge >= 0.3 is 59.6 Å². The molecule has 0 heterocycles. The Hall–Kier alpha value is 0.319. The summed E-state index contributed by atoms with van der Waals surface area (Å²) in [6.45, 7) is 9.59. The Kier molecular flexibility index (Phi) is 8.61. The average Bonchev–Trinajstić information content (AvgIpc) is 1.89. The normalized spacial score (nSPS) is 6.22. The van der Waals surface area contributed by atoms with Gasteiger partial charge in [0.05, 0.1) is 0 Å². The van der Waals surface area contributed by atoms with Crippen LogP contribution in [0.25, 0.3) is 0 Å². The van der Waals surface area contributed by atoms with Gasteiger partial charge in [0, 0.05) is 0 Å². The summed E-state index contributed by atoms with van der Waals surface area (Å²) in [6.07, 6.45) is 0. The van der Waals surface area contributed by atoms with E-state index in [1.807, 2.05) is 0 Å². The van der Waals surface area contributed by atoms with Crippen LogP contribution in [0.1, 0.15) is 0 Å². The van der Waals surface area contributed by atoms with E-state index >= 15 is 0 Å². The van der Waals surface area contributed by atoms with E-state index in [1.54, 1.807) is 26.8 Å². The molecule has 0 unspecified atom stereocenters. The summed E-state index contributed by atoms with van der Waals surface area (Å²) < 4.78 is 9.67. The van der Waals surface area contributed by atoms with Crippen molar-refractivity contribution in [3.8, 4) is 0 Å². The van der Waals surface area contributed by atoms with E-state index < -0.39 is 0 Å². The first-order valence-electron chi connectivity index (χ1n) is 2.57. The third-order valence-corrected chi connectivity index (χ3v) is 0.634. The SMILES string of the molecule is [B]B=BB=BB=BB=O. The summed E-state index contributed by atoms with van der Waals surface area (Å²) in [7, 11) is 5.74. The maximum absolute atomic E-state index is 9.67. The fourth-order valence-electron chi connectivity index (χ4n) is 0.302. The Bertz CT molecular complexity index is 141. The number of hydrogen-bond donors (Lipinski definition) is 0. The maximum atomic E-state index is 9.67. The molecule has 0 atom stereocenters. The molecule has 9 heavy (non-hydrogen) atoms. The summed E-state index contributed by atoms with van der Waals surface area (Å²) in [5.74, 6) is 0. The van der Waals surface area contributed by atoms with E-state index in [2.05, 4.69) is 0 Å². The first kappa shape index (κ1) is 9.32. The van der Waals surface area contributed by atoms with Gasteiger partial charge in [-0.05, 0) is 0 Å². The molecule has 0 aromatic rings. The Morgan fingerprint density at radius 3 is 2.00 bits per heavy atom. The van der Waals surface area contributed by atoms with Crippen LogP contribution in [0.4, 0.5) is 0 Å². The third-order valence-electron chi connectivity index (χ3n) is 0.634. The fraction of sp³-hybridized carbons (Fsp3) is 0. The van der Waals surface area contributed by atoms with Gasteiger partial charge in [0.1, 0.15) is 0 Å². The first-order chi connectivity index (χ1) is 4.41. The molecule has 0 saturated carbocycles. The fourth-order valence-corrected chi connectivity index (χ4v) is 0.302. The predicted molar refractivity (Wildman–Crippen MR) is 46.7 cm³/mol. The molecule has 0 aliphatic carbocycles. The van der Waals surface area contributed by atoms with Crippen LogP contribution in [0.3, 0.4) is 0 Å². The third kappa shape index (κ3) is 8.32. The zero-order chi connectivity index (χ0) is 6.95. The zero-order valence-electron chi connectivity index (χ0n) is 5.03. The number of rotatable bonds is 3. The van der Waals surface area contributed by atoms with E-state index in [0.717, 1.165) is 7.04 Å². The Balaban J connectivity index is 3.46. The number of hydrogen-bond acceptors (Lipinski definition) is 1. The second kappa shape index (κ2) is 8.32. The molecule has 0 aromatic heterocycles. The molecule has 0 amide bonds. The summed E-state index contributed by atoms with van der Waals surface area (Å²) in [6, 6.07) is 0. The Labute approximate surface area is 60.3 Å². The van der Waals surface area contributed by atoms with Crippen molar-refractivity contribution in [2.45, 2.75) is 0 Å². The molecule has 1 nitrogen and oxygen atoms in total.